The predicted molar refractivity (Wildman–Crippen MR) is 73.2 cm³/mol. The molecule has 0 bridgehead atoms. The van der Waals surface area contributed by atoms with E-state index in [1.54, 1.807) is 6.08 Å². The maximum absolute atomic E-state index is 9.94. The number of nitrogens with one attached hydrogen (secondary N) is 1. The second kappa shape index (κ2) is 5.99. The summed E-state index contributed by atoms with van der Waals surface area (Å²) in [5.74, 6) is 0. The molecule has 0 aliphatic rings. The van der Waals surface area contributed by atoms with E-state index in [0.29, 0.717) is 6.54 Å². The van der Waals surface area contributed by atoms with Crippen LogP contribution in [0.5, 0.6) is 0 Å². The molecule has 1 aromatic carbocycles. The van der Waals surface area contributed by atoms with Gasteiger partial charge in [-0.1, -0.05) is 51.1 Å². The van der Waals surface area contributed by atoms with Crippen molar-refractivity contribution >= 4 is 0 Å². The third kappa shape index (κ3) is 4.33. The number of hydrogen-bond acceptors (Lipinski definition) is 2. The van der Waals surface area contributed by atoms with Gasteiger partial charge in [0.15, 0.2) is 0 Å². The summed E-state index contributed by atoms with van der Waals surface area (Å²) in [7, 11) is 0. The third-order valence-corrected chi connectivity index (χ3v) is 2.79. The summed E-state index contributed by atoms with van der Waals surface area (Å²) in [5, 5.41) is 13.1. The second-order valence-electron chi connectivity index (χ2n) is 5.33. The fourth-order valence-corrected chi connectivity index (χ4v) is 1.65. The molecule has 0 aromatic heterocycles. The molecule has 0 spiro atoms. The standard InChI is InChI=1S/C15H23NO/c1-5-10-16-11-14(17)12-6-8-13(9-7-12)15(2,3)4/h5-9,14,16-17H,1,10-11H2,2-4H3. The predicted octanol–water partition coefficient (Wildman–Crippen LogP) is 2.79. The van der Waals surface area contributed by atoms with Crippen molar-refractivity contribution in [3.05, 3.63) is 48.0 Å². The molecule has 1 aromatic rings. The summed E-state index contributed by atoms with van der Waals surface area (Å²) >= 11 is 0. The van der Waals surface area contributed by atoms with Crippen molar-refractivity contribution in [1.82, 2.24) is 5.32 Å². The van der Waals surface area contributed by atoms with Crippen molar-refractivity contribution in [3.63, 3.8) is 0 Å². The van der Waals surface area contributed by atoms with Crippen molar-refractivity contribution in [2.75, 3.05) is 13.1 Å². The largest absolute Gasteiger partial charge is 0.387 e. The zero-order valence-electron chi connectivity index (χ0n) is 11.0. The van der Waals surface area contributed by atoms with Crippen molar-refractivity contribution in [3.8, 4) is 0 Å². The minimum absolute atomic E-state index is 0.157. The molecule has 17 heavy (non-hydrogen) atoms. The van der Waals surface area contributed by atoms with Crippen LogP contribution in [0.3, 0.4) is 0 Å². The van der Waals surface area contributed by atoms with Crippen LogP contribution in [0.1, 0.15) is 38.0 Å². The molecule has 2 nitrogen and oxygen atoms in total. The molecule has 1 unspecified atom stereocenters. The van der Waals surface area contributed by atoms with Crippen molar-refractivity contribution in [1.29, 1.82) is 0 Å². The SMILES string of the molecule is C=CCNCC(O)c1ccc(C(C)(C)C)cc1. The lowest BCUT2D eigenvalue weighted by atomic mass is 9.86. The molecule has 0 saturated carbocycles. The Morgan fingerprint density at radius 1 is 1.29 bits per heavy atom. The van der Waals surface area contributed by atoms with Gasteiger partial charge in [0.25, 0.3) is 0 Å². The Bertz CT molecular complexity index is 348. The molecule has 1 atom stereocenters. The van der Waals surface area contributed by atoms with Crippen molar-refractivity contribution in [2.24, 2.45) is 0 Å². The summed E-state index contributed by atoms with van der Waals surface area (Å²) in [4.78, 5) is 0. The highest BCUT2D eigenvalue weighted by Gasteiger charge is 2.14. The number of hydrogen-bond donors (Lipinski definition) is 2. The summed E-state index contributed by atoms with van der Waals surface area (Å²) in [6, 6.07) is 8.18. The quantitative estimate of drug-likeness (QED) is 0.605. The Kier molecular flexibility index (Phi) is 4.91. The van der Waals surface area contributed by atoms with Gasteiger partial charge in [0.2, 0.25) is 0 Å². The van der Waals surface area contributed by atoms with Gasteiger partial charge in [0.05, 0.1) is 6.10 Å². The Balaban J connectivity index is 2.64. The number of aliphatic hydroxyl groups is 1. The Labute approximate surface area is 104 Å². The highest BCUT2D eigenvalue weighted by Crippen LogP contribution is 2.23. The molecule has 2 N–H and O–H groups in total. The molecular formula is C15H23NO. The molecular weight excluding hydrogens is 210 g/mol. The number of rotatable bonds is 5. The van der Waals surface area contributed by atoms with Gasteiger partial charge in [0, 0.05) is 13.1 Å². The van der Waals surface area contributed by atoms with Crippen LogP contribution in [-0.4, -0.2) is 18.2 Å². The minimum atomic E-state index is -0.455. The van der Waals surface area contributed by atoms with Gasteiger partial charge in [-0.05, 0) is 16.5 Å². The second-order valence-corrected chi connectivity index (χ2v) is 5.33. The topological polar surface area (TPSA) is 32.3 Å². The molecule has 0 heterocycles. The lowest BCUT2D eigenvalue weighted by Crippen LogP contribution is -2.21. The molecule has 0 aliphatic heterocycles. The molecule has 0 amide bonds. The normalized spacial score (nSPS) is 13.4. The molecule has 0 aliphatic carbocycles. The first-order valence-electron chi connectivity index (χ1n) is 6.05. The monoisotopic (exact) mass is 233 g/mol. The van der Waals surface area contributed by atoms with Crippen molar-refractivity contribution in [2.45, 2.75) is 32.3 Å². The van der Waals surface area contributed by atoms with Gasteiger partial charge in [-0.25, -0.2) is 0 Å². The summed E-state index contributed by atoms with van der Waals surface area (Å²) in [5.41, 5.74) is 2.40. The number of aliphatic hydroxyl groups excluding tert-OH is 1. The van der Waals surface area contributed by atoms with Crippen LogP contribution in [-0.2, 0) is 5.41 Å². The van der Waals surface area contributed by atoms with Crippen LogP contribution >= 0.6 is 0 Å². The summed E-state index contributed by atoms with van der Waals surface area (Å²) < 4.78 is 0. The zero-order valence-corrected chi connectivity index (χ0v) is 11.0. The molecule has 2 heteroatoms. The lowest BCUT2D eigenvalue weighted by molar-refractivity contribution is 0.176. The first-order valence-corrected chi connectivity index (χ1v) is 6.05. The molecule has 0 radical (unpaired) electrons. The van der Waals surface area contributed by atoms with Gasteiger partial charge >= 0.3 is 0 Å². The van der Waals surface area contributed by atoms with Gasteiger partial charge in [-0.15, -0.1) is 6.58 Å². The zero-order chi connectivity index (χ0) is 12.9. The van der Waals surface area contributed by atoms with E-state index in [4.69, 9.17) is 0 Å². The third-order valence-electron chi connectivity index (χ3n) is 2.79. The molecule has 0 saturated heterocycles. The van der Waals surface area contributed by atoms with Crippen LogP contribution in [0.15, 0.2) is 36.9 Å². The van der Waals surface area contributed by atoms with Crippen LogP contribution in [0, 0.1) is 0 Å². The first kappa shape index (κ1) is 13.9. The van der Waals surface area contributed by atoms with Gasteiger partial charge in [0.1, 0.15) is 0 Å². The summed E-state index contributed by atoms with van der Waals surface area (Å²) in [6.45, 7) is 11.5. The van der Waals surface area contributed by atoms with Gasteiger partial charge < -0.3 is 10.4 Å². The fraction of sp³-hybridized carbons (Fsp3) is 0.467. The Hall–Kier alpha value is -1.12. The van der Waals surface area contributed by atoms with E-state index in [2.05, 4.69) is 44.8 Å². The highest BCUT2D eigenvalue weighted by atomic mass is 16.3. The first-order chi connectivity index (χ1) is 7.95. The van der Waals surface area contributed by atoms with Crippen LogP contribution in [0.4, 0.5) is 0 Å². The molecule has 1 rings (SSSR count). The van der Waals surface area contributed by atoms with E-state index >= 15 is 0 Å². The molecule has 0 fully saturated rings. The number of benzene rings is 1. The average Bonchev–Trinajstić information content (AvgIpc) is 2.28. The summed E-state index contributed by atoms with van der Waals surface area (Å²) in [6.07, 6.45) is 1.33. The Morgan fingerprint density at radius 2 is 1.88 bits per heavy atom. The average molecular weight is 233 g/mol. The van der Waals surface area contributed by atoms with Gasteiger partial charge in [-0.3, -0.25) is 0 Å². The van der Waals surface area contributed by atoms with E-state index < -0.39 is 6.10 Å². The van der Waals surface area contributed by atoms with E-state index in [0.717, 1.165) is 12.1 Å². The highest BCUT2D eigenvalue weighted by molar-refractivity contribution is 5.28. The smallest absolute Gasteiger partial charge is 0.0914 e. The Morgan fingerprint density at radius 3 is 2.35 bits per heavy atom. The van der Waals surface area contributed by atoms with E-state index in [1.807, 2.05) is 12.1 Å². The van der Waals surface area contributed by atoms with E-state index in [9.17, 15) is 5.11 Å². The maximum Gasteiger partial charge on any atom is 0.0914 e. The minimum Gasteiger partial charge on any atom is -0.387 e. The maximum atomic E-state index is 9.94. The van der Waals surface area contributed by atoms with Crippen LogP contribution in [0.2, 0.25) is 0 Å². The van der Waals surface area contributed by atoms with Crippen molar-refractivity contribution < 1.29 is 5.11 Å². The van der Waals surface area contributed by atoms with Crippen LogP contribution < -0.4 is 5.32 Å². The van der Waals surface area contributed by atoms with E-state index in [1.165, 1.54) is 5.56 Å². The fourth-order valence-electron chi connectivity index (χ4n) is 1.65. The van der Waals surface area contributed by atoms with E-state index in [-0.39, 0.29) is 5.41 Å². The van der Waals surface area contributed by atoms with Crippen LogP contribution in [0.25, 0.3) is 0 Å². The molecule has 94 valence electrons. The van der Waals surface area contributed by atoms with Gasteiger partial charge in [-0.2, -0.15) is 0 Å². The lowest BCUT2D eigenvalue weighted by Gasteiger charge is -2.20.